The van der Waals surface area contributed by atoms with Gasteiger partial charge in [0.2, 0.25) is 5.91 Å². The number of halogens is 4. The van der Waals surface area contributed by atoms with Crippen LogP contribution in [-0.2, 0) is 11.0 Å². The fraction of sp³-hybridized carbons (Fsp3) is 0.588. The molecule has 3 atom stereocenters. The third kappa shape index (κ3) is 4.42. The van der Waals surface area contributed by atoms with Crippen LogP contribution < -0.4 is 5.73 Å². The molecule has 136 valence electrons. The quantitative estimate of drug-likeness (QED) is 0.882. The molecule has 2 rings (SSSR count). The average Bonchev–Trinajstić information content (AvgIpc) is 2.88. The van der Waals surface area contributed by atoms with Crippen molar-refractivity contribution in [3.8, 4) is 0 Å². The molecule has 1 fully saturated rings. The first-order chi connectivity index (χ1) is 10.8. The van der Waals surface area contributed by atoms with E-state index in [4.69, 9.17) is 5.73 Å². The second-order valence-corrected chi connectivity index (χ2v) is 6.26. The predicted molar refractivity (Wildman–Crippen MR) is 90.1 cm³/mol. The Morgan fingerprint density at radius 3 is 2.58 bits per heavy atom. The van der Waals surface area contributed by atoms with Crippen LogP contribution in [-0.4, -0.2) is 29.9 Å². The van der Waals surface area contributed by atoms with Gasteiger partial charge in [0.05, 0.1) is 11.5 Å². The Balaban J connectivity index is 0.00000288. The molecule has 1 saturated heterocycles. The molecule has 1 amide bonds. The number of likely N-dealkylation sites (tertiary alicyclic amines) is 1. The molecular formula is C17H24ClF3N2O. The summed E-state index contributed by atoms with van der Waals surface area (Å²) in [7, 11) is 0. The first-order valence-electron chi connectivity index (χ1n) is 7.95. The van der Waals surface area contributed by atoms with Gasteiger partial charge in [0.15, 0.2) is 0 Å². The number of carbonyl (C=O) groups excluding carboxylic acids is 1. The molecule has 1 heterocycles. The molecule has 3 nitrogen and oxygen atoms in total. The molecule has 1 aromatic rings. The maximum Gasteiger partial charge on any atom is 0.416 e. The largest absolute Gasteiger partial charge is 0.416 e. The predicted octanol–water partition coefficient (Wildman–Crippen LogP) is 3.82. The van der Waals surface area contributed by atoms with Gasteiger partial charge in [0.1, 0.15) is 0 Å². The van der Waals surface area contributed by atoms with Crippen LogP contribution in [0.2, 0.25) is 0 Å². The van der Waals surface area contributed by atoms with Crippen molar-refractivity contribution in [3.63, 3.8) is 0 Å². The maximum atomic E-state index is 12.9. The fourth-order valence-electron chi connectivity index (χ4n) is 3.31. The number of rotatable bonds is 4. The Labute approximate surface area is 146 Å². The topological polar surface area (TPSA) is 46.3 Å². The first kappa shape index (κ1) is 20.8. The first-order valence-corrected chi connectivity index (χ1v) is 7.95. The summed E-state index contributed by atoms with van der Waals surface area (Å²) in [5.41, 5.74) is 5.40. The number of hydrogen-bond acceptors (Lipinski definition) is 2. The van der Waals surface area contributed by atoms with Gasteiger partial charge < -0.3 is 10.6 Å². The Morgan fingerprint density at radius 2 is 2.08 bits per heavy atom. The lowest BCUT2D eigenvalue weighted by Crippen LogP contribution is -2.38. The van der Waals surface area contributed by atoms with Crippen LogP contribution in [0, 0.1) is 5.92 Å². The van der Waals surface area contributed by atoms with Crippen molar-refractivity contribution >= 4 is 18.3 Å². The highest BCUT2D eigenvalue weighted by molar-refractivity contribution is 5.85. The highest BCUT2D eigenvalue weighted by Crippen LogP contribution is 2.33. The minimum Gasteiger partial charge on any atom is -0.339 e. The lowest BCUT2D eigenvalue weighted by atomic mass is 9.93. The van der Waals surface area contributed by atoms with Gasteiger partial charge in [0.25, 0.3) is 0 Å². The summed E-state index contributed by atoms with van der Waals surface area (Å²) in [4.78, 5) is 14.6. The third-order valence-corrected chi connectivity index (χ3v) is 4.60. The molecule has 0 spiro atoms. The minimum atomic E-state index is -4.40. The van der Waals surface area contributed by atoms with Crippen molar-refractivity contribution < 1.29 is 18.0 Å². The zero-order chi connectivity index (χ0) is 17.2. The van der Waals surface area contributed by atoms with Gasteiger partial charge in [-0.15, -0.1) is 12.4 Å². The number of amides is 1. The highest BCUT2D eigenvalue weighted by Gasteiger charge is 2.36. The van der Waals surface area contributed by atoms with E-state index in [-0.39, 0.29) is 30.3 Å². The molecule has 1 aliphatic heterocycles. The second-order valence-electron chi connectivity index (χ2n) is 6.26. The van der Waals surface area contributed by atoms with Crippen LogP contribution in [0.3, 0.4) is 0 Å². The van der Waals surface area contributed by atoms with Crippen molar-refractivity contribution in [2.75, 3.05) is 13.1 Å². The molecule has 0 radical (unpaired) electrons. The number of alkyl halides is 3. The van der Waals surface area contributed by atoms with E-state index in [0.29, 0.717) is 25.1 Å². The van der Waals surface area contributed by atoms with E-state index in [2.05, 4.69) is 0 Å². The highest BCUT2D eigenvalue weighted by atomic mass is 35.5. The van der Waals surface area contributed by atoms with Crippen molar-refractivity contribution in [1.82, 2.24) is 4.90 Å². The number of benzene rings is 1. The Hall–Kier alpha value is -1.27. The monoisotopic (exact) mass is 364 g/mol. The van der Waals surface area contributed by atoms with Gasteiger partial charge in [-0.05, 0) is 43.9 Å². The van der Waals surface area contributed by atoms with Crippen LogP contribution in [0.4, 0.5) is 13.2 Å². The van der Waals surface area contributed by atoms with E-state index in [9.17, 15) is 18.0 Å². The molecule has 0 saturated carbocycles. The van der Waals surface area contributed by atoms with E-state index >= 15 is 0 Å². The summed E-state index contributed by atoms with van der Waals surface area (Å²) < 4.78 is 38.7. The summed E-state index contributed by atoms with van der Waals surface area (Å²) in [6.07, 6.45) is -3.08. The lowest BCUT2D eigenvalue weighted by Gasteiger charge is -2.27. The minimum absolute atomic E-state index is 0. The number of nitrogens with two attached hydrogens (primary N) is 1. The zero-order valence-corrected chi connectivity index (χ0v) is 14.7. The number of nitrogens with zero attached hydrogens (tertiary/aromatic N) is 1. The van der Waals surface area contributed by atoms with Gasteiger partial charge in [-0.3, -0.25) is 4.79 Å². The van der Waals surface area contributed by atoms with Crippen molar-refractivity contribution in [2.24, 2.45) is 11.7 Å². The molecule has 1 aliphatic rings. The summed E-state index contributed by atoms with van der Waals surface area (Å²) in [6, 6.07) is 5.17. The standard InChI is InChI=1S/C17H23F3N2O.ClH/c1-3-15(13-5-4-6-14(8-13)17(18,19)20)16(23)22-10-12(9-21)7-11(22)2;/h4-6,8,11-12,15H,3,7,9-10,21H2,1-2H3;1H. The van der Waals surface area contributed by atoms with Gasteiger partial charge in [0, 0.05) is 12.6 Å². The maximum absolute atomic E-state index is 12.9. The Bertz CT molecular complexity index is 565. The van der Waals surface area contributed by atoms with Crippen molar-refractivity contribution in [1.29, 1.82) is 0 Å². The third-order valence-electron chi connectivity index (χ3n) is 4.60. The van der Waals surface area contributed by atoms with Crippen molar-refractivity contribution in [2.45, 2.75) is 44.8 Å². The Kier molecular flexibility index (Phi) is 7.10. The smallest absolute Gasteiger partial charge is 0.339 e. The molecule has 0 bridgehead atoms. The molecule has 0 aromatic heterocycles. The van der Waals surface area contributed by atoms with E-state index in [1.54, 1.807) is 11.0 Å². The molecule has 3 unspecified atom stereocenters. The summed E-state index contributed by atoms with van der Waals surface area (Å²) in [6.45, 7) is 4.90. The van der Waals surface area contributed by atoms with Gasteiger partial charge in [-0.1, -0.05) is 25.1 Å². The van der Waals surface area contributed by atoms with Gasteiger partial charge in [-0.25, -0.2) is 0 Å². The molecule has 0 aliphatic carbocycles. The summed E-state index contributed by atoms with van der Waals surface area (Å²) >= 11 is 0. The van der Waals surface area contributed by atoms with E-state index < -0.39 is 17.7 Å². The molecule has 1 aromatic carbocycles. The summed E-state index contributed by atoms with van der Waals surface area (Å²) in [5, 5.41) is 0. The van der Waals surface area contributed by atoms with Crippen LogP contribution in [0.15, 0.2) is 24.3 Å². The summed E-state index contributed by atoms with van der Waals surface area (Å²) in [5.74, 6) is -0.375. The van der Waals surface area contributed by atoms with Crippen LogP contribution in [0.25, 0.3) is 0 Å². The van der Waals surface area contributed by atoms with Crippen LogP contribution in [0.1, 0.15) is 43.7 Å². The fourth-order valence-corrected chi connectivity index (χ4v) is 3.31. The molecule has 24 heavy (non-hydrogen) atoms. The Morgan fingerprint density at radius 1 is 1.42 bits per heavy atom. The lowest BCUT2D eigenvalue weighted by molar-refractivity contribution is -0.138. The molecule has 2 N–H and O–H groups in total. The average molecular weight is 365 g/mol. The van der Waals surface area contributed by atoms with E-state index in [1.807, 2.05) is 13.8 Å². The SMILES string of the molecule is CCC(C(=O)N1CC(CN)CC1C)c1cccc(C(F)(F)F)c1.Cl. The van der Waals surface area contributed by atoms with Crippen molar-refractivity contribution in [3.05, 3.63) is 35.4 Å². The van der Waals surface area contributed by atoms with Crippen LogP contribution in [0.5, 0.6) is 0 Å². The van der Waals surface area contributed by atoms with Crippen LogP contribution >= 0.6 is 12.4 Å². The van der Waals surface area contributed by atoms with Gasteiger partial charge in [-0.2, -0.15) is 13.2 Å². The number of hydrogen-bond donors (Lipinski definition) is 1. The van der Waals surface area contributed by atoms with E-state index in [1.165, 1.54) is 6.07 Å². The second kappa shape index (κ2) is 8.21. The number of carbonyl (C=O) groups is 1. The van der Waals surface area contributed by atoms with E-state index in [0.717, 1.165) is 18.6 Å². The molecule has 7 heteroatoms. The van der Waals surface area contributed by atoms with Gasteiger partial charge >= 0.3 is 6.18 Å². The normalized spacial score (nSPS) is 22.2. The zero-order valence-electron chi connectivity index (χ0n) is 13.8. The molecular weight excluding hydrogens is 341 g/mol.